The molecule has 0 radical (unpaired) electrons. The highest BCUT2D eigenvalue weighted by molar-refractivity contribution is 5.97. The molecule has 0 amide bonds. The summed E-state index contributed by atoms with van der Waals surface area (Å²) in [5.41, 5.74) is 11.2. The Bertz CT molecular complexity index is 2220. The number of hydrogen-bond donors (Lipinski definition) is 0. The van der Waals surface area contributed by atoms with Gasteiger partial charge in [0.1, 0.15) is 0 Å². The molecule has 0 saturated carbocycles. The van der Waals surface area contributed by atoms with Crippen molar-refractivity contribution < 1.29 is 0 Å². The summed E-state index contributed by atoms with van der Waals surface area (Å²) in [5.74, 6) is 0.651. The van der Waals surface area contributed by atoms with E-state index in [2.05, 4.69) is 145 Å². The quantitative estimate of drug-likeness (QED) is 0.162. The van der Waals surface area contributed by atoms with E-state index in [1.807, 2.05) is 37.5 Å². The maximum atomic E-state index is 5.16. The summed E-state index contributed by atoms with van der Waals surface area (Å²) in [6.07, 6.45) is 11.7. The average molecular weight is 604 g/mol. The first-order valence-electron chi connectivity index (χ1n) is 15.7. The Hall–Kier alpha value is -6.19. The Morgan fingerprint density at radius 2 is 1.26 bits per heavy atom. The van der Waals surface area contributed by atoms with Crippen molar-refractivity contribution in [2.24, 2.45) is 0 Å². The molecule has 224 valence electrons. The highest BCUT2D eigenvalue weighted by atomic mass is 14.9. The smallest absolute Gasteiger partial charge is 0.159 e. The average Bonchev–Trinajstić information content (AvgIpc) is 3.15. The van der Waals surface area contributed by atoms with Gasteiger partial charge >= 0.3 is 0 Å². The molecule has 0 fully saturated rings. The molecule has 0 atom stereocenters. The van der Waals surface area contributed by atoms with Crippen molar-refractivity contribution in [3.8, 4) is 44.8 Å². The van der Waals surface area contributed by atoms with Crippen LogP contribution in [-0.2, 0) is 0 Å². The maximum absolute atomic E-state index is 5.16. The molecule has 7 aromatic rings. The summed E-state index contributed by atoms with van der Waals surface area (Å²) >= 11 is 0. The number of fused-ring (bicyclic) bond motifs is 1. The fourth-order valence-electron chi connectivity index (χ4n) is 5.92. The number of nitrogens with zero attached hydrogens (tertiary/aromatic N) is 3. The summed E-state index contributed by atoms with van der Waals surface area (Å²) in [6.45, 7) is 6.53. The first-order chi connectivity index (χ1) is 23.2. The maximum Gasteiger partial charge on any atom is 0.159 e. The second-order valence-corrected chi connectivity index (χ2v) is 11.4. The predicted octanol–water partition coefficient (Wildman–Crippen LogP) is 11.4. The third kappa shape index (κ3) is 6.33. The van der Waals surface area contributed by atoms with Gasteiger partial charge < -0.3 is 0 Å². The number of allylic oxidation sites excluding steroid dienone is 5. The first kappa shape index (κ1) is 29.5. The van der Waals surface area contributed by atoms with Gasteiger partial charge in [-0.25, -0.2) is 9.97 Å². The van der Waals surface area contributed by atoms with Gasteiger partial charge in [0, 0.05) is 29.7 Å². The number of benzene rings is 5. The Morgan fingerprint density at radius 1 is 0.596 bits per heavy atom. The molecule has 0 unspecified atom stereocenters. The fraction of sp³-hybridized carbons (Fsp3) is 0.0227. The fourth-order valence-corrected chi connectivity index (χ4v) is 5.92. The molecule has 2 aromatic heterocycles. The summed E-state index contributed by atoms with van der Waals surface area (Å²) in [7, 11) is 0. The third-order valence-corrected chi connectivity index (χ3v) is 8.31. The van der Waals surface area contributed by atoms with Crippen molar-refractivity contribution in [1.82, 2.24) is 15.0 Å². The van der Waals surface area contributed by atoms with E-state index in [0.29, 0.717) is 5.82 Å². The standard InChI is InChI=1S/C44H33N3/c1-3-11-38(39-16-10-27-45-29-39)28-31(2)43-42(36-21-19-33(20-22-36)32-12-5-4-6-13-32)30-46-44(47-43)37-25-23-35(24-26-37)41-18-9-15-34-14-7-8-17-40(34)41/h3-30H,2H2,1H3/b11-3-,38-28+. The Balaban J connectivity index is 1.30. The van der Waals surface area contributed by atoms with Gasteiger partial charge in [0.05, 0.1) is 5.69 Å². The van der Waals surface area contributed by atoms with Crippen LogP contribution in [0, 0.1) is 0 Å². The van der Waals surface area contributed by atoms with Gasteiger partial charge in [0.25, 0.3) is 0 Å². The summed E-state index contributed by atoms with van der Waals surface area (Å²) in [4.78, 5) is 14.4. The van der Waals surface area contributed by atoms with Gasteiger partial charge in [0.15, 0.2) is 5.82 Å². The Morgan fingerprint density at radius 3 is 2.00 bits per heavy atom. The molecule has 0 N–H and O–H groups in total. The molecular weight excluding hydrogens is 571 g/mol. The lowest BCUT2D eigenvalue weighted by Crippen LogP contribution is -1.99. The first-order valence-corrected chi connectivity index (χ1v) is 15.7. The van der Waals surface area contributed by atoms with E-state index in [-0.39, 0.29) is 0 Å². The van der Waals surface area contributed by atoms with Crippen LogP contribution in [0.3, 0.4) is 0 Å². The number of rotatable bonds is 8. The lowest BCUT2D eigenvalue weighted by Gasteiger charge is -2.13. The largest absolute Gasteiger partial charge is 0.264 e. The van der Waals surface area contributed by atoms with Crippen molar-refractivity contribution in [3.63, 3.8) is 0 Å². The molecule has 2 heterocycles. The van der Waals surface area contributed by atoms with Crippen LogP contribution in [0.15, 0.2) is 177 Å². The number of hydrogen-bond acceptors (Lipinski definition) is 3. The van der Waals surface area contributed by atoms with Crippen LogP contribution in [0.5, 0.6) is 0 Å². The van der Waals surface area contributed by atoms with Gasteiger partial charge in [-0.15, -0.1) is 0 Å². The summed E-state index contributed by atoms with van der Waals surface area (Å²) in [5, 5.41) is 2.46. The van der Waals surface area contributed by atoms with Gasteiger partial charge in [-0.05, 0) is 74.4 Å². The molecule has 3 nitrogen and oxygen atoms in total. The highest BCUT2D eigenvalue weighted by Gasteiger charge is 2.15. The number of pyridine rings is 1. The van der Waals surface area contributed by atoms with Crippen molar-refractivity contribution in [2.75, 3.05) is 0 Å². The van der Waals surface area contributed by atoms with Gasteiger partial charge in [-0.2, -0.15) is 0 Å². The van der Waals surface area contributed by atoms with E-state index >= 15 is 0 Å². The normalized spacial score (nSPS) is 11.6. The highest BCUT2D eigenvalue weighted by Crippen LogP contribution is 2.34. The third-order valence-electron chi connectivity index (χ3n) is 8.31. The SMILES string of the molecule is C=C(/C=C(\C=C/C)c1cccnc1)c1nc(-c2ccc(-c3cccc4ccccc34)cc2)ncc1-c1ccc(-c2ccccc2)cc1. The van der Waals surface area contributed by atoms with Crippen LogP contribution in [0.2, 0.25) is 0 Å². The van der Waals surface area contributed by atoms with Crippen LogP contribution < -0.4 is 0 Å². The minimum absolute atomic E-state index is 0.651. The van der Waals surface area contributed by atoms with Crippen LogP contribution in [-0.4, -0.2) is 15.0 Å². The van der Waals surface area contributed by atoms with Crippen molar-refractivity contribution in [3.05, 3.63) is 188 Å². The molecule has 0 spiro atoms. The second-order valence-electron chi connectivity index (χ2n) is 11.4. The van der Waals surface area contributed by atoms with Crippen LogP contribution in [0.25, 0.3) is 66.7 Å². The minimum atomic E-state index is 0.651. The topological polar surface area (TPSA) is 38.7 Å². The molecule has 0 bridgehead atoms. The summed E-state index contributed by atoms with van der Waals surface area (Å²) < 4.78 is 0. The van der Waals surface area contributed by atoms with Crippen molar-refractivity contribution >= 4 is 21.9 Å². The van der Waals surface area contributed by atoms with E-state index in [1.54, 1.807) is 6.20 Å². The predicted molar refractivity (Wildman–Crippen MR) is 197 cm³/mol. The van der Waals surface area contributed by atoms with Gasteiger partial charge in [0.2, 0.25) is 0 Å². The van der Waals surface area contributed by atoms with Crippen molar-refractivity contribution in [1.29, 1.82) is 0 Å². The molecule has 5 aromatic carbocycles. The van der Waals surface area contributed by atoms with Gasteiger partial charge in [-0.1, -0.05) is 146 Å². The molecule has 0 aliphatic heterocycles. The van der Waals surface area contributed by atoms with Crippen LogP contribution in [0.1, 0.15) is 18.2 Å². The van der Waals surface area contributed by atoms with E-state index in [1.165, 1.54) is 21.9 Å². The Labute approximate surface area is 276 Å². The Kier molecular flexibility index (Phi) is 8.44. The molecular formula is C44H33N3. The van der Waals surface area contributed by atoms with Crippen molar-refractivity contribution in [2.45, 2.75) is 6.92 Å². The number of aromatic nitrogens is 3. The monoisotopic (exact) mass is 603 g/mol. The van der Waals surface area contributed by atoms with E-state index in [0.717, 1.165) is 50.2 Å². The molecule has 47 heavy (non-hydrogen) atoms. The zero-order chi connectivity index (χ0) is 32.0. The van der Waals surface area contributed by atoms with E-state index in [4.69, 9.17) is 9.97 Å². The zero-order valence-corrected chi connectivity index (χ0v) is 26.2. The van der Waals surface area contributed by atoms with Crippen LogP contribution in [0.4, 0.5) is 0 Å². The molecule has 0 aliphatic rings. The molecule has 0 aliphatic carbocycles. The minimum Gasteiger partial charge on any atom is -0.264 e. The summed E-state index contributed by atoms with van der Waals surface area (Å²) in [6, 6.07) is 46.4. The molecule has 0 saturated heterocycles. The second kappa shape index (κ2) is 13.4. The zero-order valence-electron chi connectivity index (χ0n) is 26.2. The molecule has 7 rings (SSSR count). The van der Waals surface area contributed by atoms with Crippen LogP contribution >= 0.6 is 0 Å². The lowest BCUT2D eigenvalue weighted by atomic mass is 9.96. The van der Waals surface area contributed by atoms with Gasteiger partial charge in [-0.3, -0.25) is 4.98 Å². The lowest BCUT2D eigenvalue weighted by molar-refractivity contribution is 1.16. The molecule has 3 heteroatoms. The van der Waals surface area contributed by atoms with E-state index < -0.39 is 0 Å². The van der Waals surface area contributed by atoms with E-state index in [9.17, 15) is 0 Å².